The molecule has 4 aromatic rings. The molecule has 0 N–H and O–H groups in total. The van der Waals surface area contributed by atoms with E-state index in [0.717, 1.165) is 39.6 Å². The van der Waals surface area contributed by atoms with Crippen LogP contribution in [0, 0.1) is 6.92 Å². The highest BCUT2D eigenvalue weighted by Crippen LogP contribution is 2.40. The van der Waals surface area contributed by atoms with Crippen molar-refractivity contribution < 1.29 is 18.0 Å². The second kappa shape index (κ2) is 7.91. The van der Waals surface area contributed by atoms with Crippen molar-refractivity contribution in [2.75, 3.05) is 0 Å². The first-order chi connectivity index (χ1) is 16.4. The van der Waals surface area contributed by atoms with Crippen LogP contribution in [0.15, 0.2) is 77.8 Å². The average Bonchev–Trinajstić information content (AvgIpc) is 3.07. The summed E-state index contributed by atoms with van der Waals surface area (Å²) in [5, 5.41) is 1.84. The molecule has 1 aliphatic carbocycles. The minimum absolute atomic E-state index is 0.0482. The summed E-state index contributed by atoms with van der Waals surface area (Å²) < 4.78 is 38.8. The molecule has 0 saturated heterocycles. The molecule has 0 unspecified atom stereocenters. The predicted molar refractivity (Wildman–Crippen MR) is 135 cm³/mol. The van der Waals surface area contributed by atoms with Crippen molar-refractivity contribution in [3.05, 3.63) is 101 Å². The van der Waals surface area contributed by atoms with Gasteiger partial charge in [-0.25, -0.2) is 4.99 Å². The Hall–Kier alpha value is -3.73. The highest BCUT2D eigenvalue weighted by molar-refractivity contribution is 6.59. The van der Waals surface area contributed by atoms with Crippen molar-refractivity contribution in [2.24, 2.45) is 4.99 Å². The van der Waals surface area contributed by atoms with Gasteiger partial charge in [0.2, 0.25) is 5.78 Å². The summed E-state index contributed by atoms with van der Waals surface area (Å²) in [6.07, 6.45) is -4.42. The second-order valence-corrected chi connectivity index (χ2v) is 10.0. The number of hydrogen-bond acceptors (Lipinski definition) is 2. The molecule has 4 aromatic carbocycles. The van der Waals surface area contributed by atoms with Gasteiger partial charge in [0.05, 0.1) is 11.3 Å². The third-order valence-electron chi connectivity index (χ3n) is 6.58. The largest absolute Gasteiger partial charge is 0.416 e. The number of ketones is 1. The molecule has 0 heterocycles. The standard InChI is InChI=1S/C30H24F3NO/c1-17-5-14-23-26-24(28(35)27(23)34-21-12-10-20(11-13-21)30(31,32)33)16-15-22(25(17)26)18-6-8-19(9-7-18)29(2,3)4/h5-16H,1-4H3/b34-27+. The summed E-state index contributed by atoms with van der Waals surface area (Å²) in [5.41, 5.74) is 5.52. The van der Waals surface area contributed by atoms with E-state index in [0.29, 0.717) is 16.8 Å². The van der Waals surface area contributed by atoms with Gasteiger partial charge in [0.1, 0.15) is 5.71 Å². The van der Waals surface area contributed by atoms with Gasteiger partial charge in [-0.15, -0.1) is 0 Å². The number of Topliss-reactive ketones (excluding diaryl/α,β-unsaturated/α-hetero) is 1. The number of rotatable bonds is 2. The fourth-order valence-corrected chi connectivity index (χ4v) is 4.66. The molecule has 0 amide bonds. The number of alkyl halides is 3. The van der Waals surface area contributed by atoms with Crippen molar-refractivity contribution in [1.29, 1.82) is 0 Å². The second-order valence-electron chi connectivity index (χ2n) is 10.0. The topological polar surface area (TPSA) is 29.4 Å². The molecule has 0 saturated carbocycles. The van der Waals surface area contributed by atoms with Crippen LogP contribution in [-0.4, -0.2) is 11.5 Å². The van der Waals surface area contributed by atoms with Crippen LogP contribution in [-0.2, 0) is 11.6 Å². The van der Waals surface area contributed by atoms with Gasteiger partial charge < -0.3 is 0 Å². The Bertz CT molecular complexity index is 1500. The van der Waals surface area contributed by atoms with Crippen molar-refractivity contribution in [3.8, 4) is 11.1 Å². The summed E-state index contributed by atoms with van der Waals surface area (Å²) in [6, 6.07) is 20.7. The zero-order valence-electron chi connectivity index (χ0n) is 19.9. The number of hydrogen-bond donors (Lipinski definition) is 0. The van der Waals surface area contributed by atoms with Gasteiger partial charge >= 0.3 is 6.18 Å². The van der Waals surface area contributed by atoms with E-state index in [1.807, 2.05) is 31.2 Å². The number of aliphatic imine (C=N–C) groups is 1. The maximum atomic E-state index is 13.3. The Balaban J connectivity index is 1.64. The highest BCUT2D eigenvalue weighted by Gasteiger charge is 2.32. The molecule has 0 atom stereocenters. The molecule has 0 spiro atoms. The van der Waals surface area contributed by atoms with Crippen LogP contribution >= 0.6 is 0 Å². The Kier molecular flexibility index (Phi) is 5.20. The lowest BCUT2D eigenvalue weighted by atomic mass is 9.85. The third-order valence-corrected chi connectivity index (χ3v) is 6.58. The number of benzene rings is 4. The van der Waals surface area contributed by atoms with E-state index in [9.17, 15) is 18.0 Å². The first kappa shape index (κ1) is 23.0. The monoisotopic (exact) mass is 471 g/mol. The van der Waals surface area contributed by atoms with Gasteiger partial charge in [-0.1, -0.05) is 63.2 Å². The molecule has 0 aliphatic heterocycles. The number of carbonyl (C=O) groups excluding carboxylic acids is 1. The molecule has 2 nitrogen and oxygen atoms in total. The first-order valence-corrected chi connectivity index (χ1v) is 11.4. The lowest BCUT2D eigenvalue weighted by Crippen LogP contribution is -2.10. The molecule has 1 aliphatic rings. The molecular weight excluding hydrogens is 447 g/mol. The SMILES string of the molecule is Cc1ccc2c3c(ccc(-c4ccc(C(C)(C)C)cc4)c13)C(=O)/C2=N/c1ccc(C(F)(F)F)cc1. The Morgan fingerprint density at radius 1 is 0.657 bits per heavy atom. The van der Waals surface area contributed by atoms with E-state index in [2.05, 4.69) is 50.0 Å². The fraction of sp³-hybridized carbons (Fsp3) is 0.200. The quantitative estimate of drug-likeness (QED) is 0.288. The van der Waals surface area contributed by atoms with E-state index >= 15 is 0 Å². The van der Waals surface area contributed by atoms with E-state index in [4.69, 9.17) is 0 Å². The van der Waals surface area contributed by atoms with Gasteiger partial charge in [0, 0.05) is 16.5 Å². The minimum atomic E-state index is -4.42. The molecule has 0 bridgehead atoms. The summed E-state index contributed by atoms with van der Waals surface area (Å²) in [7, 11) is 0. The Labute approximate surface area is 202 Å². The van der Waals surface area contributed by atoms with Crippen molar-refractivity contribution >= 4 is 28.0 Å². The molecule has 35 heavy (non-hydrogen) atoms. The predicted octanol–water partition coefficient (Wildman–Crippen LogP) is 8.45. The van der Waals surface area contributed by atoms with Gasteiger partial charge in [-0.2, -0.15) is 13.2 Å². The fourth-order valence-electron chi connectivity index (χ4n) is 4.66. The van der Waals surface area contributed by atoms with E-state index < -0.39 is 11.7 Å². The van der Waals surface area contributed by atoms with Crippen LogP contribution in [0.1, 0.15) is 53.4 Å². The molecule has 5 heteroatoms. The zero-order valence-corrected chi connectivity index (χ0v) is 19.9. The van der Waals surface area contributed by atoms with Crippen molar-refractivity contribution in [1.82, 2.24) is 0 Å². The smallest absolute Gasteiger partial charge is 0.287 e. The molecule has 0 fully saturated rings. The summed E-state index contributed by atoms with van der Waals surface area (Å²) in [5.74, 6) is -0.217. The zero-order chi connectivity index (χ0) is 25.1. The lowest BCUT2D eigenvalue weighted by Gasteiger charge is -2.19. The molecule has 0 aromatic heterocycles. The summed E-state index contributed by atoms with van der Waals surface area (Å²) in [4.78, 5) is 17.8. The number of carbonyl (C=O) groups is 1. The minimum Gasteiger partial charge on any atom is -0.287 e. The highest BCUT2D eigenvalue weighted by atomic mass is 19.4. The number of aryl methyl sites for hydroxylation is 1. The summed E-state index contributed by atoms with van der Waals surface area (Å²) in [6.45, 7) is 8.54. The van der Waals surface area contributed by atoms with Crippen molar-refractivity contribution in [3.63, 3.8) is 0 Å². The Morgan fingerprint density at radius 3 is 1.83 bits per heavy atom. The van der Waals surface area contributed by atoms with Gasteiger partial charge in [0.25, 0.3) is 0 Å². The van der Waals surface area contributed by atoms with Crippen LogP contribution in [0.4, 0.5) is 18.9 Å². The first-order valence-electron chi connectivity index (χ1n) is 11.4. The lowest BCUT2D eigenvalue weighted by molar-refractivity contribution is -0.137. The van der Waals surface area contributed by atoms with Crippen molar-refractivity contribution in [2.45, 2.75) is 39.3 Å². The van der Waals surface area contributed by atoms with E-state index in [1.54, 1.807) is 0 Å². The molecule has 176 valence electrons. The van der Waals surface area contributed by atoms with Gasteiger partial charge in [-0.3, -0.25) is 4.79 Å². The number of nitrogens with zero attached hydrogens (tertiary/aromatic N) is 1. The molecule has 0 radical (unpaired) electrons. The van der Waals surface area contributed by atoms with Crippen LogP contribution in [0.25, 0.3) is 21.9 Å². The van der Waals surface area contributed by atoms with Crippen LogP contribution < -0.4 is 0 Å². The van der Waals surface area contributed by atoms with Crippen LogP contribution in [0.5, 0.6) is 0 Å². The third kappa shape index (κ3) is 3.95. The van der Waals surface area contributed by atoms with Crippen LogP contribution in [0.2, 0.25) is 0 Å². The number of halogens is 3. The van der Waals surface area contributed by atoms with Gasteiger partial charge in [0.15, 0.2) is 0 Å². The maximum Gasteiger partial charge on any atom is 0.416 e. The molecular formula is C30H24F3NO. The molecule has 5 rings (SSSR count). The normalized spacial score (nSPS) is 14.8. The summed E-state index contributed by atoms with van der Waals surface area (Å²) >= 11 is 0. The van der Waals surface area contributed by atoms with E-state index in [1.165, 1.54) is 17.7 Å². The van der Waals surface area contributed by atoms with E-state index in [-0.39, 0.29) is 16.9 Å². The maximum absolute atomic E-state index is 13.3. The Morgan fingerprint density at radius 2 is 1.23 bits per heavy atom. The van der Waals surface area contributed by atoms with Crippen LogP contribution in [0.3, 0.4) is 0 Å². The average molecular weight is 472 g/mol. The van der Waals surface area contributed by atoms with Gasteiger partial charge in [-0.05, 0) is 70.3 Å².